The van der Waals surface area contributed by atoms with E-state index in [0.717, 1.165) is 24.0 Å². The van der Waals surface area contributed by atoms with E-state index in [-0.39, 0.29) is 11.7 Å². The number of phenolic OH excluding ortho intramolecular Hbond substituents is 1. The predicted octanol–water partition coefficient (Wildman–Crippen LogP) is 4.38. The molecule has 0 fully saturated rings. The average molecular weight is 352 g/mol. The predicted molar refractivity (Wildman–Crippen MR) is 94.2 cm³/mol. The Morgan fingerprint density at radius 2 is 1.65 bits per heavy atom. The van der Waals surface area contributed by atoms with Crippen molar-refractivity contribution < 1.29 is 9.90 Å². The molecule has 0 heterocycles. The monoisotopic (exact) mass is 351 g/mol. The van der Waals surface area contributed by atoms with E-state index in [2.05, 4.69) is 5.32 Å². The molecule has 0 radical (unpaired) electrons. The van der Waals surface area contributed by atoms with Crippen molar-refractivity contribution in [3.8, 4) is 5.75 Å². The zero-order chi connectivity index (χ0) is 16.7. The maximum atomic E-state index is 11.8. The Morgan fingerprint density at radius 1 is 0.957 bits per heavy atom. The molecule has 0 aliphatic heterocycles. The fraction of sp³-hybridized carbons (Fsp3) is 0.278. The molecule has 3 nitrogen and oxygen atoms in total. The number of aryl methyl sites for hydroxylation is 2. The molecule has 0 saturated heterocycles. The van der Waals surface area contributed by atoms with Gasteiger partial charge >= 0.3 is 0 Å². The van der Waals surface area contributed by atoms with Crippen molar-refractivity contribution in [2.24, 2.45) is 0 Å². The first kappa shape index (κ1) is 17.6. The van der Waals surface area contributed by atoms with Crippen LogP contribution in [0.25, 0.3) is 0 Å². The summed E-state index contributed by atoms with van der Waals surface area (Å²) >= 11 is 11.8. The quantitative estimate of drug-likeness (QED) is 0.727. The molecule has 23 heavy (non-hydrogen) atoms. The van der Waals surface area contributed by atoms with E-state index in [1.165, 1.54) is 0 Å². The molecule has 5 heteroatoms. The Labute approximate surface area is 146 Å². The van der Waals surface area contributed by atoms with Crippen LogP contribution in [0.1, 0.15) is 24.0 Å². The van der Waals surface area contributed by atoms with Gasteiger partial charge in [-0.1, -0.05) is 41.4 Å². The lowest BCUT2D eigenvalue weighted by molar-refractivity contribution is -0.121. The van der Waals surface area contributed by atoms with Gasteiger partial charge in [-0.2, -0.15) is 0 Å². The average Bonchev–Trinajstić information content (AvgIpc) is 2.54. The number of hydrogen-bond donors (Lipinski definition) is 2. The van der Waals surface area contributed by atoms with E-state index in [1.807, 2.05) is 24.3 Å². The van der Waals surface area contributed by atoms with Crippen LogP contribution in [-0.2, 0) is 17.6 Å². The van der Waals surface area contributed by atoms with Crippen LogP contribution >= 0.6 is 23.2 Å². The number of aromatic hydroxyl groups is 1. The van der Waals surface area contributed by atoms with Crippen molar-refractivity contribution >= 4 is 29.1 Å². The van der Waals surface area contributed by atoms with Gasteiger partial charge in [-0.15, -0.1) is 0 Å². The minimum atomic E-state index is 0.0345. The van der Waals surface area contributed by atoms with Crippen molar-refractivity contribution in [2.75, 3.05) is 6.54 Å². The molecule has 0 aliphatic carbocycles. The molecule has 0 spiro atoms. The summed E-state index contributed by atoms with van der Waals surface area (Å²) in [6, 6.07) is 12.5. The summed E-state index contributed by atoms with van der Waals surface area (Å²) in [5, 5.41) is 13.2. The zero-order valence-electron chi connectivity index (χ0n) is 12.7. The minimum absolute atomic E-state index is 0.0345. The summed E-state index contributed by atoms with van der Waals surface area (Å²) in [6.07, 6.45) is 2.80. The van der Waals surface area contributed by atoms with E-state index in [4.69, 9.17) is 23.2 Å². The summed E-state index contributed by atoms with van der Waals surface area (Å²) in [5.41, 5.74) is 2.14. The fourth-order valence-electron chi connectivity index (χ4n) is 2.22. The number of phenols is 1. The Balaban J connectivity index is 1.64. The van der Waals surface area contributed by atoms with Crippen molar-refractivity contribution in [3.63, 3.8) is 0 Å². The number of halogens is 2. The molecule has 2 aromatic carbocycles. The summed E-state index contributed by atoms with van der Waals surface area (Å²) in [4.78, 5) is 11.8. The topological polar surface area (TPSA) is 49.3 Å². The highest BCUT2D eigenvalue weighted by Crippen LogP contribution is 2.23. The van der Waals surface area contributed by atoms with Crippen LogP contribution in [-0.4, -0.2) is 17.6 Å². The number of amides is 1. The van der Waals surface area contributed by atoms with Crippen molar-refractivity contribution in [3.05, 3.63) is 63.6 Å². The third-order valence-corrected chi connectivity index (χ3v) is 4.26. The summed E-state index contributed by atoms with van der Waals surface area (Å²) < 4.78 is 0. The largest absolute Gasteiger partial charge is 0.508 e. The van der Waals surface area contributed by atoms with Crippen LogP contribution in [0.15, 0.2) is 42.5 Å². The number of nitrogens with one attached hydrogen (secondary N) is 1. The molecular weight excluding hydrogens is 333 g/mol. The Morgan fingerprint density at radius 3 is 2.35 bits per heavy atom. The lowest BCUT2D eigenvalue weighted by atomic mass is 10.1. The van der Waals surface area contributed by atoms with Crippen LogP contribution in [0.2, 0.25) is 10.0 Å². The molecule has 122 valence electrons. The van der Waals surface area contributed by atoms with Gasteiger partial charge in [-0.05, 0) is 54.7 Å². The first-order valence-corrected chi connectivity index (χ1v) is 8.29. The van der Waals surface area contributed by atoms with Gasteiger partial charge in [0.25, 0.3) is 0 Å². The van der Waals surface area contributed by atoms with E-state index in [1.54, 1.807) is 18.2 Å². The normalized spacial score (nSPS) is 10.5. The molecule has 0 atom stereocenters. The minimum Gasteiger partial charge on any atom is -0.508 e. The first-order valence-electron chi connectivity index (χ1n) is 7.53. The maximum absolute atomic E-state index is 11.8. The molecule has 2 aromatic rings. The number of rotatable bonds is 7. The molecule has 2 rings (SSSR count). The van der Waals surface area contributed by atoms with Crippen molar-refractivity contribution in [1.29, 1.82) is 0 Å². The van der Waals surface area contributed by atoms with Gasteiger partial charge < -0.3 is 10.4 Å². The Hall–Kier alpha value is -1.71. The maximum Gasteiger partial charge on any atom is 0.220 e. The standard InChI is InChI=1S/C18H19Cl2NO2/c19-16-9-5-14(12-17(16)20)2-1-11-21-18(23)10-6-13-3-7-15(22)8-4-13/h3-5,7-9,12,22H,1-2,6,10-11H2,(H,21,23). The van der Waals surface area contributed by atoms with Gasteiger partial charge in [0, 0.05) is 13.0 Å². The van der Waals surface area contributed by atoms with E-state index >= 15 is 0 Å². The number of carbonyl (C=O) groups is 1. The van der Waals surface area contributed by atoms with Gasteiger partial charge in [0.05, 0.1) is 10.0 Å². The second-order valence-corrected chi connectivity index (χ2v) is 6.18. The van der Waals surface area contributed by atoms with Gasteiger partial charge in [-0.25, -0.2) is 0 Å². The highest BCUT2D eigenvalue weighted by molar-refractivity contribution is 6.42. The highest BCUT2D eigenvalue weighted by Gasteiger charge is 2.03. The Kier molecular flexibility index (Phi) is 6.75. The van der Waals surface area contributed by atoms with E-state index in [0.29, 0.717) is 29.4 Å². The lowest BCUT2D eigenvalue weighted by Gasteiger charge is -2.06. The second-order valence-electron chi connectivity index (χ2n) is 5.37. The molecule has 0 saturated carbocycles. The molecule has 0 aliphatic rings. The molecule has 1 amide bonds. The first-order chi connectivity index (χ1) is 11.0. The van der Waals surface area contributed by atoms with Crippen LogP contribution < -0.4 is 5.32 Å². The molecular formula is C18H19Cl2NO2. The fourth-order valence-corrected chi connectivity index (χ4v) is 2.55. The molecule has 0 aromatic heterocycles. The van der Waals surface area contributed by atoms with Gasteiger partial charge in [-0.3, -0.25) is 4.79 Å². The molecule has 2 N–H and O–H groups in total. The van der Waals surface area contributed by atoms with Gasteiger partial charge in [0.2, 0.25) is 5.91 Å². The van der Waals surface area contributed by atoms with Crippen LogP contribution in [0.4, 0.5) is 0 Å². The van der Waals surface area contributed by atoms with Gasteiger partial charge in [0.15, 0.2) is 0 Å². The third-order valence-electron chi connectivity index (χ3n) is 3.53. The van der Waals surface area contributed by atoms with E-state index in [9.17, 15) is 9.90 Å². The van der Waals surface area contributed by atoms with Crippen LogP contribution in [0.5, 0.6) is 5.75 Å². The number of carbonyl (C=O) groups excluding carboxylic acids is 1. The zero-order valence-corrected chi connectivity index (χ0v) is 14.2. The summed E-state index contributed by atoms with van der Waals surface area (Å²) in [7, 11) is 0. The summed E-state index contributed by atoms with van der Waals surface area (Å²) in [5.74, 6) is 0.271. The van der Waals surface area contributed by atoms with Crippen LogP contribution in [0.3, 0.4) is 0 Å². The van der Waals surface area contributed by atoms with Crippen molar-refractivity contribution in [2.45, 2.75) is 25.7 Å². The Bertz CT molecular complexity index is 657. The summed E-state index contributed by atoms with van der Waals surface area (Å²) in [6.45, 7) is 0.634. The van der Waals surface area contributed by atoms with Gasteiger partial charge in [0.1, 0.15) is 5.75 Å². The van der Waals surface area contributed by atoms with Crippen LogP contribution in [0, 0.1) is 0 Å². The molecule has 0 bridgehead atoms. The SMILES string of the molecule is O=C(CCc1ccc(O)cc1)NCCCc1ccc(Cl)c(Cl)c1. The number of benzene rings is 2. The molecule has 0 unspecified atom stereocenters. The van der Waals surface area contributed by atoms with E-state index < -0.39 is 0 Å². The van der Waals surface area contributed by atoms with Crippen molar-refractivity contribution in [1.82, 2.24) is 5.32 Å². The number of hydrogen-bond acceptors (Lipinski definition) is 2. The lowest BCUT2D eigenvalue weighted by Crippen LogP contribution is -2.24. The smallest absolute Gasteiger partial charge is 0.220 e. The highest BCUT2D eigenvalue weighted by atomic mass is 35.5. The second kappa shape index (κ2) is 8.80. The third kappa shape index (κ3) is 6.12.